The lowest BCUT2D eigenvalue weighted by atomic mass is 10.2. The van der Waals surface area contributed by atoms with Crippen LogP contribution in [0.5, 0.6) is 0 Å². The number of benzene rings is 1. The second-order valence-corrected chi connectivity index (χ2v) is 7.63. The molecule has 0 saturated carbocycles. The number of aromatic amines is 1. The molecule has 1 aromatic carbocycles. The van der Waals surface area contributed by atoms with Gasteiger partial charge >= 0.3 is 0 Å². The molecule has 108 valence electrons. The summed E-state index contributed by atoms with van der Waals surface area (Å²) in [4.78, 5) is 16.3. The zero-order valence-corrected chi connectivity index (χ0v) is 13.4. The fraction of sp³-hybridized carbons (Fsp3) is 0.176. The third-order valence-electron chi connectivity index (χ3n) is 4.22. The normalized spacial score (nSPS) is 14.0. The first-order valence-corrected chi connectivity index (χ1v) is 9.02. The van der Waals surface area contributed by atoms with E-state index in [4.69, 9.17) is 0 Å². The first-order valence-electron chi connectivity index (χ1n) is 7.39. The Balaban J connectivity index is 1.68. The minimum atomic E-state index is 1.09. The topological polar surface area (TPSA) is 41.6 Å². The molecule has 1 aliphatic carbocycles. The van der Waals surface area contributed by atoms with Crippen LogP contribution in [0.2, 0.25) is 0 Å². The van der Waals surface area contributed by atoms with Crippen LogP contribution in [0.25, 0.3) is 21.1 Å². The van der Waals surface area contributed by atoms with Crippen molar-refractivity contribution in [3.8, 4) is 0 Å². The van der Waals surface area contributed by atoms with E-state index in [1.54, 1.807) is 18.1 Å². The van der Waals surface area contributed by atoms with Crippen molar-refractivity contribution < 1.29 is 0 Å². The molecule has 0 radical (unpaired) electrons. The lowest BCUT2D eigenvalue weighted by Gasteiger charge is -2.03. The van der Waals surface area contributed by atoms with Gasteiger partial charge in [-0.1, -0.05) is 30.0 Å². The van der Waals surface area contributed by atoms with E-state index in [2.05, 4.69) is 45.4 Å². The Hall–Kier alpha value is -1.85. The number of aryl methyl sites for hydroxylation is 2. The van der Waals surface area contributed by atoms with Crippen molar-refractivity contribution in [2.45, 2.75) is 29.2 Å². The molecule has 22 heavy (non-hydrogen) atoms. The van der Waals surface area contributed by atoms with Crippen LogP contribution in [0.3, 0.4) is 0 Å². The van der Waals surface area contributed by atoms with Crippen molar-refractivity contribution in [3.63, 3.8) is 0 Å². The molecule has 0 atom stereocenters. The average molecular weight is 323 g/mol. The Kier molecular flexibility index (Phi) is 2.78. The lowest BCUT2D eigenvalue weighted by Crippen LogP contribution is -1.86. The second-order valence-electron chi connectivity index (χ2n) is 5.52. The molecule has 0 fully saturated rings. The minimum Gasteiger partial charge on any atom is -0.360 e. The molecule has 0 unspecified atom stereocenters. The van der Waals surface area contributed by atoms with Gasteiger partial charge in [-0.15, -0.1) is 11.3 Å². The van der Waals surface area contributed by atoms with Crippen molar-refractivity contribution in [3.05, 3.63) is 47.2 Å². The summed E-state index contributed by atoms with van der Waals surface area (Å²) in [5, 5.41) is 3.63. The number of hydrogen-bond donors (Lipinski definition) is 1. The predicted octanol–water partition coefficient (Wildman–Crippen LogP) is 4.81. The number of H-pyrrole nitrogens is 1. The van der Waals surface area contributed by atoms with Crippen LogP contribution in [0.4, 0.5) is 0 Å². The number of rotatable bonds is 2. The minimum absolute atomic E-state index is 1.09. The molecule has 0 bridgehead atoms. The Bertz CT molecular complexity index is 1000. The number of nitrogens with zero attached hydrogens (tertiary/aromatic N) is 2. The molecule has 0 saturated heterocycles. The highest BCUT2D eigenvalue weighted by molar-refractivity contribution is 7.99. The fourth-order valence-corrected chi connectivity index (χ4v) is 5.54. The smallest absolute Gasteiger partial charge is 0.128 e. The number of thiophene rings is 1. The summed E-state index contributed by atoms with van der Waals surface area (Å²) in [7, 11) is 0. The Morgan fingerprint density at radius 1 is 1.14 bits per heavy atom. The Labute approximate surface area is 135 Å². The van der Waals surface area contributed by atoms with Gasteiger partial charge in [0.25, 0.3) is 0 Å². The first kappa shape index (κ1) is 12.7. The van der Waals surface area contributed by atoms with E-state index in [1.165, 1.54) is 50.9 Å². The van der Waals surface area contributed by atoms with Gasteiger partial charge in [0.05, 0.1) is 0 Å². The van der Waals surface area contributed by atoms with Crippen molar-refractivity contribution in [2.24, 2.45) is 0 Å². The highest BCUT2D eigenvalue weighted by Crippen LogP contribution is 2.42. The molecular weight excluding hydrogens is 310 g/mol. The van der Waals surface area contributed by atoms with Gasteiger partial charge in [0, 0.05) is 32.3 Å². The zero-order valence-electron chi connectivity index (χ0n) is 11.8. The highest BCUT2D eigenvalue weighted by atomic mass is 32.2. The van der Waals surface area contributed by atoms with Crippen LogP contribution in [-0.4, -0.2) is 15.0 Å². The molecule has 0 amide bonds. The Morgan fingerprint density at radius 2 is 2.09 bits per heavy atom. The van der Waals surface area contributed by atoms with Gasteiger partial charge in [-0.25, -0.2) is 9.97 Å². The summed E-state index contributed by atoms with van der Waals surface area (Å²) in [5.74, 6) is 0. The van der Waals surface area contributed by atoms with Crippen molar-refractivity contribution in [2.75, 3.05) is 0 Å². The van der Waals surface area contributed by atoms with E-state index in [0.717, 1.165) is 9.86 Å². The summed E-state index contributed by atoms with van der Waals surface area (Å²) in [6.45, 7) is 0. The van der Waals surface area contributed by atoms with Crippen molar-refractivity contribution in [1.82, 2.24) is 15.0 Å². The standard InChI is InChI=1S/C17H13N3S2/c1-2-6-12-10(4-1)14(8-18-12)22-17-15-11-5-3-7-13(11)21-16(15)19-9-20-17/h1-2,4,6,8-9,18H,3,5,7H2. The van der Waals surface area contributed by atoms with Crippen LogP contribution in [0.1, 0.15) is 16.9 Å². The van der Waals surface area contributed by atoms with Crippen LogP contribution in [0, 0.1) is 0 Å². The number of aromatic nitrogens is 3. The van der Waals surface area contributed by atoms with Gasteiger partial charge in [-0.2, -0.15) is 0 Å². The SMILES string of the molecule is c1ccc2c(Sc3ncnc4sc5c(c34)CCC5)c[nH]c2c1. The van der Waals surface area contributed by atoms with Crippen LogP contribution in [0.15, 0.2) is 46.7 Å². The number of para-hydroxylation sites is 1. The molecule has 5 heteroatoms. The van der Waals surface area contributed by atoms with E-state index < -0.39 is 0 Å². The summed E-state index contributed by atoms with van der Waals surface area (Å²) in [6.07, 6.45) is 7.42. The third kappa shape index (κ3) is 1.82. The van der Waals surface area contributed by atoms with Gasteiger partial charge in [0.1, 0.15) is 16.2 Å². The van der Waals surface area contributed by atoms with Crippen molar-refractivity contribution >= 4 is 44.2 Å². The molecular formula is C17H13N3S2. The van der Waals surface area contributed by atoms with Gasteiger partial charge in [0.15, 0.2) is 0 Å². The summed E-state index contributed by atoms with van der Waals surface area (Å²) < 4.78 is 0. The van der Waals surface area contributed by atoms with E-state index in [-0.39, 0.29) is 0 Å². The van der Waals surface area contributed by atoms with E-state index >= 15 is 0 Å². The molecule has 4 aromatic rings. The molecule has 0 aliphatic heterocycles. The van der Waals surface area contributed by atoms with E-state index in [0.29, 0.717) is 0 Å². The molecule has 0 spiro atoms. The molecule has 3 aromatic heterocycles. The monoisotopic (exact) mass is 323 g/mol. The van der Waals surface area contributed by atoms with Crippen LogP contribution in [-0.2, 0) is 12.8 Å². The predicted molar refractivity (Wildman–Crippen MR) is 91.9 cm³/mol. The molecule has 3 nitrogen and oxygen atoms in total. The number of fused-ring (bicyclic) bond motifs is 4. The van der Waals surface area contributed by atoms with Gasteiger partial charge in [-0.3, -0.25) is 0 Å². The maximum atomic E-state index is 4.58. The average Bonchev–Trinajstić information content (AvgIpc) is 3.22. The number of hydrogen-bond acceptors (Lipinski definition) is 4. The summed E-state index contributed by atoms with van der Waals surface area (Å²) >= 11 is 3.59. The zero-order chi connectivity index (χ0) is 14.5. The van der Waals surface area contributed by atoms with Crippen LogP contribution >= 0.6 is 23.1 Å². The maximum Gasteiger partial charge on any atom is 0.128 e. The van der Waals surface area contributed by atoms with Gasteiger partial charge < -0.3 is 4.98 Å². The lowest BCUT2D eigenvalue weighted by molar-refractivity contribution is 0.915. The molecule has 5 rings (SSSR count). The molecule has 3 heterocycles. The van der Waals surface area contributed by atoms with Gasteiger partial charge in [-0.05, 0) is 30.9 Å². The molecule has 1 aliphatic rings. The highest BCUT2D eigenvalue weighted by Gasteiger charge is 2.21. The number of nitrogens with one attached hydrogen (secondary N) is 1. The second kappa shape index (κ2) is 4.83. The largest absolute Gasteiger partial charge is 0.360 e. The quantitative estimate of drug-likeness (QED) is 0.538. The van der Waals surface area contributed by atoms with Crippen molar-refractivity contribution in [1.29, 1.82) is 0 Å². The van der Waals surface area contributed by atoms with Gasteiger partial charge in [0.2, 0.25) is 0 Å². The summed E-state index contributed by atoms with van der Waals surface area (Å²) in [6, 6.07) is 8.40. The van der Waals surface area contributed by atoms with E-state index in [1.807, 2.05) is 11.3 Å². The van der Waals surface area contributed by atoms with Crippen LogP contribution < -0.4 is 0 Å². The fourth-order valence-electron chi connectivity index (χ4n) is 3.21. The molecule has 1 N–H and O–H groups in total. The Morgan fingerprint density at radius 3 is 3.09 bits per heavy atom. The summed E-state index contributed by atoms with van der Waals surface area (Å²) in [5.41, 5.74) is 2.66. The maximum absolute atomic E-state index is 4.58. The first-order chi connectivity index (χ1) is 10.9. The third-order valence-corrected chi connectivity index (χ3v) is 6.48. The van der Waals surface area contributed by atoms with E-state index in [9.17, 15) is 0 Å².